The molecule has 1 aromatic heterocycles. The van der Waals surface area contributed by atoms with E-state index < -0.39 is 0 Å². The Morgan fingerprint density at radius 1 is 1.56 bits per heavy atom. The Balaban J connectivity index is 2.80. The second-order valence-corrected chi connectivity index (χ2v) is 4.18. The van der Waals surface area contributed by atoms with Crippen LogP contribution in [0.4, 0.5) is 0 Å². The van der Waals surface area contributed by atoms with Gasteiger partial charge >= 0.3 is 0 Å². The molecule has 1 aromatic rings. The van der Waals surface area contributed by atoms with Gasteiger partial charge in [-0.25, -0.2) is 0 Å². The van der Waals surface area contributed by atoms with E-state index in [-0.39, 0.29) is 11.4 Å². The molecule has 16 heavy (non-hydrogen) atoms. The smallest absolute Gasteiger partial charge is 0.255 e. The molecule has 1 heterocycles. The number of aryl methyl sites for hydroxylation is 1. The standard InChI is InChI=1S/C12H20N2O2/c1-4-10-9(6-7-16-10)11(15)14-12(3,5-2)8-13/h6-7H,4-5,8,13H2,1-3H3,(H,14,15). The molecule has 0 aliphatic carbocycles. The minimum Gasteiger partial charge on any atom is -0.469 e. The first-order valence-electron chi connectivity index (χ1n) is 5.65. The first-order chi connectivity index (χ1) is 7.56. The van der Waals surface area contributed by atoms with Crippen LogP contribution in [0.5, 0.6) is 0 Å². The Morgan fingerprint density at radius 2 is 2.25 bits per heavy atom. The zero-order valence-electron chi connectivity index (χ0n) is 10.2. The van der Waals surface area contributed by atoms with Gasteiger partial charge in [-0.05, 0) is 19.4 Å². The molecular weight excluding hydrogens is 204 g/mol. The molecule has 1 rings (SSSR count). The van der Waals surface area contributed by atoms with Gasteiger partial charge in [0.2, 0.25) is 0 Å². The number of carbonyl (C=O) groups is 1. The van der Waals surface area contributed by atoms with Crippen molar-refractivity contribution < 1.29 is 9.21 Å². The summed E-state index contributed by atoms with van der Waals surface area (Å²) in [4.78, 5) is 12.0. The first-order valence-corrected chi connectivity index (χ1v) is 5.65. The van der Waals surface area contributed by atoms with Crippen LogP contribution < -0.4 is 11.1 Å². The summed E-state index contributed by atoms with van der Waals surface area (Å²) in [7, 11) is 0. The quantitative estimate of drug-likeness (QED) is 0.799. The molecule has 0 saturated carbocycles. The van der Waals surface area contributed by atoms with Gasteiger partial charge in [-0.1, -0.05) is 13.8 Å². The third-order valence-corrected chi connectivity index (χ3v) is 2.96. The summed E-state index contributed by atoms with van der Waals surface area (Å²) in [5.41, 5.74) is 5.91. The van der Waals surface area contributed by atoms with Gasteiger partial charge in [-0.15, -0.1) is 0 Å². The van der Waals surface area contributed by atoms with Crippen LogP contribution in [0.3, 0.4) is 0 Å². The van der Waals surface area contributed by atoms with Gasteiger partial charge in [0.1, 0.15) is 5.76 Å². The van der Waals surface area contributed by atoms with Gasteiger partial charge in [0, 0.05) is 18.5 Å². The summed E-state index contributed by atoms with van der Waals surface area (Å²) in [6, 6.07) is 1.70. The molecule has 0 aliphatic rings. The van der Waals surface area contributed by atoms with Crippen LogP contribution in [0.2, 0.25) is 0 Å². The molecule has 3 N–H and O–H groups in total. The minimum absolute atomic E-state index is 0.111. The second kappa shape index (κ2) is 5.16. The van der Waals surface area contributed by atoms with E-state index >= 15 is 0 Å². The number of nitrogens with one attached hydrogen (secondary N) is 1. The SMILES string of the molecule is CCc1occc1C(=O)NC(C)(CC)CN. The average molecular weight is 224 g/mol. The largest absolute Gasteiger partial charge is 0.469 e. The summed E-state index contributed by atoms with van der Waals surface area (Å²) in [5, 5.41) is 2.95. The molecule has 0 aromatic carbocycles. The van der Waals surface area contributed by atoms with Gasteiger partial charge in [-0.2, -0.15) is 0 Å². The summed E-state index contributed by atoms with van der Waals surface area (Å²) < 4.78 is 5.22. The predicted octanol–water partition coefficient (Wildman–Crippen LogP) is 1.70. The van der Waals surface area contributed by atoms with Crippen molar-refractivity contribution in [2.45, 2.75) is 39.2 Å². The Bertz CT molecular complexity index is 354. The van der Waals surface area contributed by atoms with E-state index in [0.29, 0.717) is 24.3 Å². The third-order valence-electron chi connectivity index (χ3n) is 2.96. The number of hydrogen-bond donors (Lipinski definition) is 2. The highest BCUT2D eigenvalue weighted by Gasteiger charge is 2.24. The van der Waals surface area contributed by atoms with Gasteiger partial charge in [0.15, 0.2) is 0 Å². The highest BCUT2D eigenvalue weighted by molar-refractivity contribution is 5.95. The van der Waals surface area contributed by atoms with Gasteiger partial charge in [0.05, 0.1) is 11.8 Å². The number of amides is 1. The molecule has 0 radical (unpaired) electrons. The van der Waals surface area contributed by atoms with Crippen molar-refractivity contribution in [1.82, 2.24) is 5.32 Å². The van der Waals surface area contributed by atoms with Crippen molar-refractivity contribution >= 4 is 5.91 Å². The predicted molar refractivity (Wildman–Crippen MR) is 63.3 cm³/mol. The highest BCUT2D eigenvalue weighted by atomic mass is 16.3. The van der Waals surface area contributed by atoms with Crippen molar-refractivity contribution in [3.8, 4) is 0 Å². The third kappa shape index (κ3) is 2.64. The fraction of sp³-hybridized carbons (Fsp3) is 0.583. The molecule has 90 valence electrons. The van der Waals surface area contributed by atoms with Gasteiger partial charge < -0.3 is 15.5 Å². The maximum absolute atomic E-state index is 12.0. The van der Waals surface area contributed by atoms with Crippen molar-refractivity contribution in [3.05, 3.63) is 23.7 Å². The highest BCUT2D eigenvalue weighted by Crippen LogP contribution is 2.14. The lowest BCUT2D eigenvalue weighted by molar-refractivity contribution is 0.0904. The Kier molecular flexibility index (Phi) is 4.12. The average Bonchev–Trinajstić information content (AvgIpc) is 2.76. The van der Waals surface area contributed by atoms with Crippen LogP contribution in [0.15, 0.2) is 16.7 Å². The van der Waals surface area contributed by atoms with Crippen LogP contribution in [0, 0.1) is 0 Å². The topological polar surface area (TPSA) is 68.3 Å². The Labute approximate surface area is 96.2 Å². The Hall–Kier alpha value is -1.29. The lowest BCUT2D eigenvalue weighted by Gasteiger charge is -2.27. The van der Waals surface area contributed by atoms with E-state index in [1.54, 1.807) is 12.3 Å². The molecule has 1 amide bonds. The van der Waals surface area contributed by atoms with Crippen LogP contribution in [-0.2, 0) is 6.42 Å². The zero-order chi connectivity index (χ0) is 12.2. The zero-order valence-corrected chi connectivity index (χ0v) is 10.2. The van der Waals surface area contributed by atoms with Crippen molar-refractivity contribution in [2.75, 3.05) is 6.54 Å². The van der Waals surface area contributed by atoms with Crippen LogP contribution in [0.25, 0.3) is 0 Å². The number of carbonyl (C=O) groups excluding carboxylic acids is 1. The molecule has 4 heteroatoms. The maximum Gasteiger partial charge on any atom is 0.255 e. The van der Waals surface area contributed by atoms with Gasteiger partial charge in [-0.3, -0.25) is 4.79 Å². The first kappa shape index (κ1) is 12.8. The lowest BCUT2D eigenvalue weighted by Crippen LogP contribution is -2.50. The molecule has 1 atom stereocenters. The molecule has 4 nitrogen and oxygen atoms in total. The fourth-order valence-corrected chi connectivity index (χ4v) is 1.44. The summed E-state index contributed by atoms with van der Waals surface area (Å²) in [6.07, 6.45) is 3.05. The molecule has 0 spiro atoms. The van der Waals surface area contributed by atoms with E-state index in [1.165, 1.54) is 0 Å². The molecular formula is C12H20N2O2. The fourth-order valence-electron chi connectivity index (χ4n) is 1.44. The monoisotopic (exact) mass is 224 g/mol. The Morgan fingerprint density at radius 3 is 2.75 bits per heavy atom. The van der Waals surface area contributed by atoms with Crippen LogP contribution in [0.1, 0.15) is 43.3 Å². The van der Waals surface area contributed by atoms with E-state index in [2.05, 4.69) is 5.32 Å². The normalized spacial score (nSPS) is 14.5. The van der Waals surface area contributed by atoms with Crippen molar-refractivity contribution in [1.29, 1.82) is 0 Å². The molecule has 0 saturated heterocycles. The molecule has 0 bridgehead atoms. The minimum atomic E-state index is -0.348. The van der Waals surface area contributed by atoms with Crippen molar-refractivity contribution in [3.63, 3.8) is 0 Å². The van der Waals surface area contributed by atoms with Crippen LogP contribution >= 0.6 is 0 Å². The molecule has 1 unspecified atom stereocenters. The number of nitrogens with two attached hydrogens (primary N) is 1. The summed E-state index contributed by atoms with van der Waals surface area (Å²) >= 11 is 0. The van der Waals surface area contributed by atoms with Crippen LogP contribution in [-0.4, -0.2) is 18.0 Å². The maximum atomic E-state index is 12.0. The number of rotatable bonds is 5. The van der Waals surface area contributed by atoms with Crippen molar-refractivity contribution in [2.24, 2.45) is 5.73 Å². The summed E-state index contributed by atoms with van der Waals surface area (Å²) in [6.45, 7) is 6.33. The van der Waals surface area contributed by atoms with E-state index in [9.17, 15) is 4.79 Å². The van der Waals surface area contributed by atoms with Gasteiger partial charge in [0.25, 0.3) is 5.91 Å². The van der Waals surface area contributed by atoms with E-state index in [0.717, 1.165) is 6.42 Å². The van der Waals surface area contributed by atoms with E-state index in [4.69, 9.17) is 10.2 Å². The number of furan rings is 1. The summed E-state index contributed by atoms with van der Waals surface area (Å²) in [5.74, 6) is 0.605. The molecule has 0 fully saturated rings. The number of hydrogen-bond acceptors (Lipinski definition) is 3. The van der Waals surface area contributed by atoms with E-state index in [1.807, 2.05) is 20.8 Å². The molecule has 0 aliphatic heterocycles. The lowest BCUT2D eigenvalue weighted by atomic mass is 9.98. The second-order valence-electron chi connectivity index (χ2n) is 4.18.